The molecule has 15 heteroatoms. The Balaban J connectivity index is 0.000000171. The van der Waals surface area contributed by atoms with E-state index in [9.17, 15) is 27.6 Å². The fourth-order valence-electron chi connectivity index (χ4n) is 8.25. The van der Waals surface area contributed by atoms with Crippen molar-refractivity contribution in [2.24, 2.45) is 0 Å². The number of benzene rings is 3. The van der Waals surface area contributed by atoms with Crippen molar-refractivity contribution in [3.8, 4) is 33.4 Å². The molecule has 6 heterocycles. The Bertz CT molecular complexity index is 2980. The zero-order valence-electron chi connectivity index (χ0n) is 39.6. The van der Waals surface area contributed by atoms with E-state index >= 15 is 0 Å². The average molecular weight is 953 g/mol. The molecule has 0 bridgehead atoms. The molecule has 0 aliphatic rings. The van der Waals surface area contributed by atoms with Crippen LogP contribution in [-0.2, 0) is 0 Å². The largest absolute Gasteiger partial charge is 0.361 e. The summed E-state index contributed by atoms with van der Waals surface area (Å²) >= 11 is 0. The van der Waals surface area contributed by atoms with Gasteiger partial charge in [0.1, 0.15) is 34.7 Å². The molecule has 6 aromatic heterocycles. The minimum Gasteiger partial charge on any atom is -0.361 e. The highest BCUT2D eigenvalue weighted by Gasteiger charge is 2.19. The lowest BCUT2D eigenvalue weighted by atomic mass is 10.0. The van der Waals surface area contributed by atoms with Gasteiger partial charge in [-0.05, 0) is 134 Å². The third-order valence-corrected chi connectivity index (χ3v) is 12.1. The van der Waals surface area contributed by atoms with Gasteiger partial charge in [0, 0.05) is 70.2 Å². The molecule has 3 aromatic carbocycles. The summed E-state index contributed by atoms with van der Waals surface area (Å²) < 4.78 is 59.8. The van der Waals surface area contributed by atoms with E-state index in [1.165, 1.54) is 54.6 Å². The predicted molar refractivity (Wildman–Crippen MR) is 264 cm³/mol. The van der Waals surface area contributed by atoms with Gasteiger partial charge in [-0.15, -0.1) is 0 Å². The van der Waals surface area contributed by atoms with Gasteiger partial charge in [-0.25, -0.2) is 13.2 Å². The fourth-order valence-corrected chi connectivity index (χ4v) is 8.25. The third-order valence-electron chi connectivity index (χ3n) is 12.1. The Morgan fingerprint density at radius 3 is 0.814 bits per heavy atom. The second kappa shape index (κ2) is 21.9. The molecule has 3 atom stereocenters. The van der Waals surface area contributed by atoms with E-state index < -0.39 is 0 Å². The molecule has 70 heavy (non-hydrogen) atoms. The van der Waals surface area contributed by atoms with Crippen LogP contribution in [0.5, 0.6) is 0 Å². The lowest BCUT2D eigenvalue weighted by Gasteiger charge is -2.16. The second-order valence-corrected chi connectivity index (χ2v) is 16.8. The SMILES string of the molecule is C.Cc1noc(C)c1-c1ccc(=O)n(C(C)c2ccc(F)cc2)c1.Cc1noc(C)c1-c1ccc(=O)n(C(C)c2ccc(F)cc2)c1.Cc1noc(C)c1-c1ccc(=O)n(C(C)c2ccc(F)cc2)c1. The van der Waals surface area contributed by atoms with E-state index in [4.69, 9.17) is 13.6 Å². The van der Waals surface area contributed by atoms with Crippen LogP contribution in [0.4, 0.5) is 13.2 Å². The lowest BCUT2D eigenvalue weighted by Crippen LogP contribution is -2.22. The van der Waals surface area contributed by atoms with Gasteiger partial charge in [0.25, 0.3) is 16.7 Å². The molecule has 0 spiro atoms. The molecule has 362 valence electrons. The molecule has 0 saturated carbocycles. The number of hydrogen-bond acceptors (Lipinski definition) is 9. The van der Waals surface area contributed by atoms with E-state index in [0.717, 1.165) is 67.2 Å². The molecule has 0 amide bonds. The first kappa shape index (κ1) is 51.3. The van der Waals surface area contributed by atoms with E-state index in [1.54, 1.807) is 86.9 Å². The number of hydrogen-bond donors (Lipinski definition) is 0. The second-order valence-electron chi connectivity index (χ2n) is 16.8. The van der Waals surface area contributed by atoms with Gasteiger partial charge in [-0.3, -0.25) is 14.4 Å². The van der Waals surface area contributed by atoms with Crippen molar-refractivity contribution in [2.45, 2.75) is 87.9 Å². The Labute approximate surface area is 403 Å². The smallest absolute Gasteiger partial charge is 0.251 e. The van der Waals surface area contributed by atoms with Gasteiger partial charge in [-0.1, -0.05) is 59.3 Å². The Hall–Kier alpha value is -8.07. The van der Waals surface area contributed by atoms with Gasteiger partial charge in [0.05, 0.1) is 35.2 Å². The van der Waals surface area contributed by atoms with Crippen molar-refractivity contribution >= 4 is 0 Å². The summed E-state index contributed by atoms with van der Waals surface area (Å²) in [6, 6.07) is 27.8. The minimum absolute atomic E-state index is 0. The van der Waals surface area contributed by atoms with Crippen LogP contribution in [0, 0.1) is 59.0 Å². The molecular weight excluding hydrogens is 898 g/mol. The molecule has 9 aromatic rings. The summed E-state index contributed by atoms with van der Waals surface area (Å²) in [7, 11) is 0. The molecule has 12 nitrogen and oxygen atoms in total. The molecule has 0 N–H and O–H groups in total. The highest BCUT2D eigenvalue weighted by molar-refractivity contribution is 5.68. The summed E-state index contributed by atoms with van der Waals surface area (Å²) in [6.07, 6.45) is 5.38. The molecule has 0 aliphatic heterocycles. The number of halogens is 3. The first-order chi connectivity index (χ1) is 32.9. The van der Waals surface area contributed by atoms with Gasteiger partial charge in [-0.2, -0.15) is 0 Å². The molecule has 0 saturated heterocycles. The number of nitrogens with zero attached hydrogens (tertiary/aromatic N) is 6. The van der Waals surface area contributed by atoms with Crippen molar-refractivity contribution in [1.29, 1.82) is 0 Å². The van der Waals surface area contributed by atoms with Crippen LogP contribution in [0.1, 0.15) is 97.4 Å². The van der Waals surface area contributed by atoms with Crippen LogP contribution < -0.4 is 16.7 Å². The van der Waals surface area contributed by atoms with E-state index in [0.29, 0.717) is 17.3 Å². The van der Waals surface area contributed by atoms with Crippen LogP contribution in [0.15, 0.2) is 156 Å². The van der Waals surface area contributed by atoms with Crippen molar-refractivity contribution in [3.05, 3.63) is 227 Å². The van der Waals surface area contributed by atoms with Gasteiger partial charge in [0.2, 0.25) is 0 Å². The molecule has 9 rings (SSSR count). The third kappa shape index (κ3) is 11.3. The predicted octanol–water partition coefficient (Wildman–Crippen LogP) is 12.2. The van der Waals surface area contributed by atoms with Crippen LogP contribution in [-0.4, -0.2) is 29.2 Å². The number of pyridine rings is 3. The molecule has 0 radical (unpaired) electrons. The van der Waals surface area contributed by atoms with Crippen molar-refractivity contribution in [3.63, 3.8) is 0 Å². The van der Waals surface area contributed by atoms with Gasteiger partial charge in [0.15, 0.2) is 0 Å². The van der Waals surface area contributed by atoms with Crippen LogP contribution in [0.2, 0.25) is 0 Å². The normalized spacial score (nSPS) is 12.2. The molecule has 3 unspecified atom stereocenters. The maximum atomic E-state index is 13.1. The minimum atomic E-state index is -0.294. The quantitative estimate of drug-likeness (QED) is 0.138. The van der Waals surface area contributed by atoms with Gasteiger partial charge < -0.3 is 27.3 Å². The van der Waals surface area contributed by atoms with Crippen molar-refractivity contribution in [2.75, 3.05) is 0 Å². The first-order valence-electron chi connectivity index (χ1n) is 22.1. The van der Waals surface area contributed by atoms with Crippen molar-refractivity contribution in [1.82, 2.24) is 29.2 Å². The standard InChI is InChI=1S/3C18H17FN2O2.CH4/c3*1-11-18(13(3)23-20-11)15-6-9-17(22)21(10-15)12(2)14-4-7-16(19)8-5-14;/h3*4-10,12H,1-3H3;1H4. The summed E-state index contributed by atoms with van der Waals surface area (Å²) in [6.45, 7) is 16.8. The monoisotopic (exact) mass is 952 g/mol. The van der Waals surface area contributed by atoms with Crippen molar-refractivity contribution < 1.29 is 26.7 Å². The lowest BCUT2D eigenvalue weighted by molar-refractivity contribution is 0.393. The van der Waals surface area contributed by atoms with E-state index in [-0.39, 0.29) is 59.7 Å². The summed E-state index contributed by atoms with van der Waals surface area (Å²) in [5, 5.41) is 11.9. The Morgan fingerprint density at radius 1 is 0.386 bits per heavy atom. The molecule has 0 aliphatic carbocycles. The first-order valence-corrected chi connectivity index (χ1v) is 22.1. The van der Waals surface area contributed by atoms with Crippen LogP contribution >= 0.6 is 0 Å². The highest BCUT2D eigenvalue weighted by atomic mass is 19.1. The maximum absolute atomic E-state index is 13.1. The van der Waals surface area contributed by atoms with E-state index in [1.807, 2.05) is 62.3 Å². The summed E-state index contributed by atoms with van der Waals surface area (Å²) in [5.74, 6) is 1.25. The van der Waals surface area contributed by atoms with Crippen LogP contribution in [0.3, 0.4) is 0 Å². The van der Waals surface area contributed by atoms with Gasteiger partial charge >= 0.3 is 0 Å². The highest BCUT2D eigenvalue weighted by Crippen LogP contribution is 2.30. The molecule has 0 fully saturated rings. The van der Waals surface area contributed by atoms with E-state index in [2.05, 4.69) is 15.5 Å². The zero-order valence-corrected chi connectivity index (χ0v) is 39.6. The maximum Gasteiger partial charge on any atom is 0.251 e. The topological polar surface area (TPSA) is 144 Å². The van der Waals surface area contributed by atoms with Crippen LogP contribution in [0.25, 0.3) is 33.4 Å². The fraction of sp³-hybridized carbons (Fsp3) is 0.236. The zero-order chi connectivity index (χ0) is 49.7. The summed E-state index contributed by atoms with van der Waals surface area (Å²) in [5.41, 5.74) is 9.89. The average Bonchev–Trinajstić information content (AvgIpc) is 3.99. The Kier molecular flexibility index (Phi) is 16.1. The number of aromatic nitrogens is 6. The summed E-state index contributed by atoms with van der Waals surface area (Å²) in [4.78, 5) is 36.7. The number of aryl methyl sites for hydroxylation is 6. The Morgan fingerprint density at radius 2 is 0.614 bits per heavy atom. The number of rotatable bonds is 9. The molecular formula is C55H55F3N6O6.